The van der Waals surface area contributed by atoms with Gasteiger partial charge in [0.15, 0.2) is 0 Å². The molecule has 0 radical (unpaired) electrons. The van der Waals surface area contributed by atoms with Gasteiger partial charge in [0.2, 0.25) is 23.0 Å². The molecule has 4 rings (SSSR count). The summed E-state index contributed by atoms with van der Waals surface area (Å²) >= 11 is 0. The van der Waals surface area contributed by atoms with Gasteiger partial charge in [-0.25, -0.2) is 4.57 Å². The van der Waals surface area contributed by atoms with Crippen LogP contribution in [0.1, 0.15) is 51.8 Å². The van der Waals surface area contributed by atoms with Crippen molar-refractivity contribution in [2.45, 2.75) is 27.3 Å². The Morgan fingerprint density at radius 1 is 1.00 bits per heavy atom. The number of fused-ring (bicyclic) bond motifs is 2. The molecule has 0 saturated heterocycles. The first-order valence-corrected chi connectivity index (χ1v) is 9.39. The highest BCUT2D eigenvalue weighted by molar-refractivity contribution is 6.26. The largest absolute Gasteiger partial charge is 1.00 e. The molecule has 30 heavy (non-hydrogen) atoms. The average Bonchev–Trinajstić information content (AvgIpc) is 2.98. The van der Waals surface area contributed by atoms with Crippen LogP contribution in [-0.4, -0.2) is 21.1 Å². The summed E-state index contributed by atoms with van der Waals surface area (Å²) in [6.45, 7) is 6.53. The van der Waals surface area contributed by atoms with E-state index >= 15 is 0 Å². The van der Waals surface area contributed by atoms with Crippen LogP contribution in [0.3, 0.4) is 0 Å². The first kappa shape index (κ1) is 21.6. The lowest BCUT2D eigenvalue weighted by molar-refractivity contribution is -0.604. The monoisotopic (exact) mass is 469 g/mol. The SMILES string of the molecule is Cc1n(CC(C)C)c2c([n+]1-c1ccc([N+](=O)[O-])cc1)C(=O)c1ccccc1C2=O.[Br-]. The molecule has 1 aromatic heterocycles. The van der Waals surface area contributed by atoms with Gasteiger partial charge in [0.05, 0.1) is 11.5 Å². The van der Waals surface area contributed by atoms with Gasteiger partial charge in [-0.1, -0.05) is 38.1 Å². The third-order valence-corrected chi connectivity index (χ3v) is 5.14. The molecule has 0 saturated carbocycles. The first-order valence-electron chi connectivity index (χ1n) is 9.39. The van der Waals surface area contributed by atoms with E-state index in [4.69, 9.17) is 0 Å². The van der Waals surface area contributed by atoms with Gasteiger partial charge in [-0.2, -0.15) is 4.57 Å². The number of hydrogen-bond donors (Lipinski definition) is 0. The van der Waals surface area contributed by atoms with Crippen LogP contribution in [0.4, 0.5) is 5.69 Å². The molecule has 1 aliphatic rings. The molecule has 154 valence electrons. The molecule has 2 aromatic carbocycles. The van der Waals surface area contributed by atoms with Crippen molar-refractivity contribution in [2.75, 3.05) is 0 Å². The lowest BCUT2D eigenvalue weighted by Gasteiger charge is -2.13. The van der Waals surface area contributed by atoms with E-state index in [1.807, 2.05) is 25.3 Å². The number of non-ortho nitro benzene ring substituents is 1. The second kappa shape index (κ2) is 7.95. The molecule has 1 aliphatic carbocycles. The zero-order valence-corrected chi connectivity index (χ0v) is 18.3. The third-order valence-electron chi connectivity index (χ3n) is 5.14. The quantitative estimate of drug-likeness (QED) is 0.246. The normalized spacial score (nSPS) is 12.4. The van der Waals surface area contributed by atoms with E-state index in [1.165, 1.54) is 12.1 Å². The van der Waals surface area contributed by atoms with Gasteiger partial charge in [0.1, 0.15) is 5.69 Å². The van der Waals surface area contributed by atoms with Crippen LogP contribution in [0.25, 0.3) is 5.69 Å². The van der Waals surface area contributed by atoms with Crippen LogP contribution in [-0.2, 0) is 6.54 Å². The van der Waals surface area contributed by atoms with Crippen molar-refractivity contribution in [1.29, 1.82) is 0 Å². The Kier molecular flexibility index (Phi) is 5.72. The van der Waals surface area contributed by atoms with Crippen LogP contribution < -0.4 is 21.5 Å². The molecule has 0 bridgehead atoms. The van der Waals surface area contributed by atoms with E-state index in [0.29, 0.717) is 34.7 Å². The smallest absolute Gasteiger partial charge is 0.269 e. The minimum atomic E-state index is -0.467. The van der Waals surface area contributed by atoms with E-state index < -0.39 is 4.92 Å². The first-order chi connectivity index (χ1) is 13.8. The maximum Gasteiger partial charge on any atom is 0.269 e. The number of nitro benzene ring substituents is 1. The van der Waals surface area contributed by atoms with Crippen molar-refractivity contribution in [3.05, 3.63) is 87.0 Å². The Labute approximate surface area is 183 Å². The number of carbonyl (C=O) groups excluding carboxylic acids is 2. The molecule has 8 heteroatoms. The Morgan fingerprint density at radius 2 is 1.57 bits per heavy atom. The predicted octanol–water partition coefficient (Wildman–Crippen LogP) is 0.417. The van der Waals surface area contributed by atoms with Crippen molar-refractivity contribution in [3.8, 4) is 5.69 Å². The number of aromatic nitrogens is 2. The number of halogens is 1. The van der Waals surface area contributed by atoms with Crippen molar-refractivity contribution in [2.24, 2.45) is 5.92 Å². The fraction of sp³-hybridized carbons (Fsp3) is 0.227. The van der Waals surface area contributed by atoms with Crippen LogP contribution in [0, 0.1) is 23.0 Å². The zero-order chi connectivity index (χ0) is 20.9. The van der Waals surface area contributed by atoms with Gasteiger partial charge in [-0.15, -0.1) is 0 Å². The summed E-state index contributed by atoms with van der Waals surface area (Å²) in [6, 6.07) is 12.8. The maximum absolute atomic E-state index is 13.4. The fourth-order valence-electron chi connectivity index (χ4n) is 3.88. The minimum absolute atomic E-state index is 0. The highest BCUT2D eigenvalue weighted by Crippen LogP contribution is 2.28. The Bertz CT molecular complexity index is 1180. The van der Waals surface area contributed by atoms with Gasteiger partial charge < -0.3 is 17.0 Å². The van der Waals surface area contributed by atoms with Crippen molar-refractivity contribution >= 4 is 17.3 Å². The molecule has 0 fully saturated rings. The maximum atomic E-state index is 13.4. The van der Waals surface area contributed by atoms with Crippen LogP contribution in [0.15, 0.2) is 48.5 Å². The molecule has 3 aromatic rings. The Balaban J connectivity index is 0.00000256. The Hall–Kier alpha value is -3.13. The number of benzene rings is 2. The number of carbonyl (C=O) groups is 2. The standard InChI is InChI=1S/C22H20N3O4.BrH/c1-13(2)12-23-14(3)24(15-8-10-16(11-9-15)25(28)29)20-19(23)21(26)17-6-4-5-7-18(17)22(20)27;/h4-11,13H,12H2,1-3H3;1H/q+1;/p-1. The highest BCUT2D eigenvalue weighted by atomic mass is 79.9. The van der Waals surface area contributed by atoms with Crippen LogP contribution in [0.5, 0.6) is 0 Å². The van der Waals surface area contributed by atoms with E-state index in [0.717, 1.165) is 5.82 Å². The number of nitrogens with zero attached hydrogens (tertiary/aromatic N) is 3. The van der Waals surface area contributed by atoms with Crippen LogP contribution >= 0.6 is 0 Å². The second-order valence-electron chi connectivity index (χ2n) is 7.56. The van der Waals surface area contributed by atoms with E-state index in [1.54, 1.807) is 41.0 Å². The molecular formula is C22H20BrN3O4. The van der Waals surface area contributed by atoms with Crippen LogP contribution in [0.2, 0.25) is 0 Å². The molecule has 0 unspecified atom stereocenters. The lowest BCUT2D eigenvalue weighted by Crippen LogP contribution is -3.00. The average molecular weight is 470 g/mol. The molecule has 1 heterocycles. The zero-order valence-electron chi connectivity index (χ0n) is 16.8. The van der Waals surface area contributed by atoms with Gasteiger partial charge in [-0.3, -0.25) is 19.7 Å². The van der Waals surface area contributed by atoms with Gasteiger partial charge in [0.25, 0.3) is 11.5 Å². The van der Waals surface area contributed by atoms with E-state index in [-0.39, 0.29) is 40.2 Å². The molecule has 0 atom stereocenters. The lowest BCUT2D eigenvalue weighted by atomic mass is 9.89. The summed E-state index contributed by atoms with van der Waals surface area (Å²) in [5.74, 6) is 0.585. The van der Waals surface area contributed by atoms with Gasteiger partial charge >= 0.3 is 0 Å². The molecule has 7 nitrogen and oxygen atoms in total. The van der Waals surface area contributed by atoms with E-state index in [2.05, 4.69) is 0 Å². The van der Waals surface area contributed by atoms with E-state index in [9.17, 15) is 19.7 Å². The third kappa shape index (κ3) is 3.27. The second-order valence-corrected chi connectivity index (χ2v) is 7.56. The number of imidazole rings is 1. The summed E-state index contributed by atoms with van der Waals surface area (Å²) in [4.78, 5) is 37.2. The number of ketones is 2. The Morgan fingerprint density at radius 3 is 2.10 bits per heavy atom. The molecular weight excluding hydrogens is 450 g/mol. The number of hydrogen-bond acceptors (Lipinski definition) is 4. The molecule has 0 aliphatic heterocycles. The molecule has 0 spiro atoms. The summed E-state index contributed by atoms with van der Waals surface area (Å²) in [7, 11) is 0. The van der Waals surface area contributed by atoms with Crippen molar-refractivity contribution < 1.29 is 36.1 Å². The van der Waals surface area contributed by atoms with Crippen molar-refractivity contribution in [1.82, 2.24) is 4.57 Å². The summed E-state index contributed by atoms with van der Waals surface area (Å²) in [6.07, 6.45) is 0. The topological polar surface area (TPSA) is 86.1 Å². The fourth-order valence-corrected chi connectivity index (χ4v) is 3.88. The number of nitro groups is 1. The highest BCUT2D eigenvalue weighted by Gasteiger charge is 2.43. The minimum Gasteiger partial charge on any atom is -1.00 e. The molecule has 0 N–H and O–H groups in total. The summed E-state index contributed by atoms with van der Waals surface area (Å²) in [5.41, 5.74) is 2.03. The summed E-state index contributed by atoms with van der Waals surface area (Å²) < 4.78 is 3.62. The predicted molar refractivity (Wildman–Crippen MR) is 106 cm³/mol. The summed E-state index contributed by atoms with van der Waals surface area (Å²) in [5, 5.41) is 11.0. The van der Waals surface area contributed by atoms with Gasteiger partial charge in [-0.05, 0) is 18.1 Å². The molecule has 0 amide bonds. The van der Waals surface area contributed by atoms with Gasteiger partial charge in [0, 0.05) is 30.2 Å². The van der Waals surface area contributed by atoms with Crippen molar-refractivity contribution in [3.63, 3.8) is 0 Å². The number of rotatable bonds is 4.